The number of aryl methyl sites for hydroxylation is 2. The minimum atomic E-state index is 0.744. The van der Waals surface area contributed by atoms with E-state index < -0.39 is 0 Å². The normalized spacial score (nSPS) is 10.7. The van der Waals surface area contributed by atoms with Gasteiger partial charge in [-0.1, -0.05) is 62.0 Å². The maximum absolute atomic E-state index is 6.22. The van der Waals surface area contributed by atoms with Crippen molar-refractivity contribution in [2.75, 3.05) is 0 Å². The summed E-state index contributed by atoms with van der Waals surface area (Å²) in [7, 11) is 0. The molecule has 0 saturated carbocycles. The van der Waals surface area contributed by atoms with E-state index in [0.717, 1.165) is 28.5 Å². The zero-order chi connectivity index (χ0) is 11.3. The summed E-state index contributed by atoms with van der Waals surface area (Å²) >= 11 is 12.4. The lowest BCUT2D eigenvalue weighted by Crippen LogP contribution is -1.91. The fourth-order valence-corrected chi connectivity index (χ4v) is 2.26. The van der Waals surface area contributed by atoms with Crippen LogP contribution in [0.15, 0.2) is 12.1 Å². The molecule has 0 aromatic heterocycles. The molecule has 0 atom stereocenters. The van der Waals surface area contributed by atoms with E-state index in [9.17, 15) is 0 Å². The summed E-state index contributed by atoms with van der Waals surface area (Å²) in [5.41, 5.74) is 2.33. The molecular weight excluding hydrogens is 227 g/mol. The van der Waals surface area contributed by atoms with Crippen molar-refractivity contribution in [3.05, 3.63) is 33.3 Å². The molecule has 0 saturated heterocycles. The topological polar surface area (TPSA) is 0 Å². The molecule has 0 aliphatic carbocycles. The third kappa shape index (κ3) is 3.39. The molecule has 0 spiro atoms. The average Bonchev–Trinajstić information content (AvgIpc) is 2.25. The van der Waals surface area contributed by atoms with Crippen molar-refractivity contribution in [2.24, 2.45) is 0 Å². The first kappa shape index (κ1) is 12.9. The summed E-state index contributed by atoms with van der Waals surface area (Å²) < 4.78 is 0. The molecule has 0 amide bonds. The van der Waals surface area contributed by atoms with Gasteiger partial charge in [0.1, 0.15) is 0 Å². The van der Waals surface area contributed by atoms with Crippen LogP contribution in [0.3, 0.4) is 0 Å². The standard InChI is InChI=1S/C13H18Cl2/c1-3-5-6-7-11-9-8-10(4-2)12(14)13(11)15/h8-9H,3-7H2,1-2H3. The molecular formula is C13H18Cl2. The number of halogens is 2. The van der Waals surface area contributed by atoms with Crippen LogP contribution >= 0.6 is 23.2 Å². The van der Waals surface area contributed by atoms with Gasteiger partial charge in [0.15, 0.2) is 0 Å². The van der Waals surface area contributed by atoms with Crippen molar-refractivity contribution < 1.29 is 0 Å². The number of hydrogen-bond donors (Lipinski definition) is 0. The summed E-state index contributed by atoms with van der Waals surface area (Å²) in [6, 6.07) is 4.21. The van der Waals surface area contributed by atoms with Gasteiger partial charge in [-0.25, -0.2) is 0 Å². The predicted molar refractivity (Wildman–Crippen MR) is 69.1 cm³/mol. The van der Waals surface area contributed by atoms with Crippen LogP contribution in [0.25, 0.3) is 0 Å². The molecule has 1 aromatic rings. The number of benzene rings is 1. The number of hydrogen-bond acceptors (Lipinski definition) is 0. The van der Waals surface area contributed by atoms with Crippen molar-refractivity contribution in [3.63, 3.8) is 0 Å². The van der Waals surface area contributed by atoms with E-state index in [4.69, 9.17) is 23.2 Å². The summed E-state index contributed by atoms with van der Waals surface area (Å²) in [5.74, 6) is 0. The second-order valence-electron chi connectivity index (χ2n) is 3.82. The van der Waals surface area contributed by atoms with Gasteiger partial charge in [0.25, 0.3) is 0 Å². The van der Waals surface area contributed by atoms with Gasteiger partial charge in [0, 0.05) is 0 Å². The highest BCUT2D eigenvalue weighted by Crippen LogP contribution is 2.30. The summed E-state index contributed by atoms with van der Waals surface area (Å²) in [6.45, 7) is 4.29. The van der Waals surface area contributed by atoms with Crippen LogP contribution < -0.4 is 0 Å². The van der Waals surface area contributed by atoms with Crippen LogP contribution in [0.4, 0.5) is 0 Å². The predicted octanol–water partition coefficient (Wildman–Crippen LogP) is 5.29. The molecule has 0 unspecified atom stereocenters. The molecule has 0 fully saturated rings. The van der Waals surface area contributed by atoms with Crippen LogP contribution in [0.1, 0.15) is 44.2 Å². The Bertz CT molecular complexity index is 319. The van der Waals surface area contributed by atoms with Crippen LogP contribution in [0.5, 0.6) is 0 Å². The molecule has 0 bridgehead atoms. The Kier molecular flexibility index (Phi) is 5.49. The molecule has 0 nitrogen and oxygen atoms in total. The van der Waals surface area contributed by atoms with E-state index in [1.807, 2.05) is 0 Å². The lowest BCUT2D eigenvalue weighted by atomic mass is 10.0. The SMILES string of the molecule is CCCCCc1ccc(CC)c(Cl)c1Cl. The first-order valence-corrected chi connectivity index (χ1v) is 6.42. The second-order valence-corrected chi connectivity index (χ2v) is 4.58. The van der Waals surface area contributed by atoms with Crippen LogP contribution in [-0.4, -0.2) is 0 Å². The average molecular weight is 245 g/mol. The number of rotatable bonds is 5. The molecule has 2 heteroatoms. The van der Waals surface area contributed by atoms with Crippen molar-refractivity contribution >= 4 is 23.2 Å². The molecule has 1 rings (SSSR count). The zero-order valence-electron chi connectivity index (χ0n) is 9.45. The third-order valence-electron chi connectivity index (χ3n) is 2.67. The fraction of sp³-hybridized carbons (Fsp3) is 0.538. The lowest BCUT2D eigenvalue weighted by Gasteiger charge is -2.09. The van der Waals surface area contributed by atoms with E-state index in [2.05, 4.69) is 26.0 Å². The van der Waals surface area contributed by atoms with Crippen molar-refractivity contribution in [1.82, 2.24) is 0 Å². The van der Waals surface area contributed by atoms with Gasteiger partial charge in [-0.15, -0.1) is 0 Å². The van der Waals surface area contributed by atoms with Gasteiger partial charge >= 0.3 is 0 Å². The molecule has 0 aliphatic heterocycles. The Morgan fingerprint density at radius 1 is 0.933 bits per heavy atom. The smallest absolute Gasteiger partial charge is 0.0627 e. The summed E-state index contributed by atoms with van der Waals surface area (Å²) in [5, 5.41) is 1.50. The van der Waals surface area contributed by atoms with Gasteiger partial charge in [0.2, 0.25) is 0 Å². The van der Waals surface area contributed by atoms with E-state index in [-0.39, 0.29) is 0 Å². The van der Waals surface area contributed by atoms with Crippen LogP contribution in [0.2, 0.25) is 10.0 Å². The fourth-order valence-electron chi connectivity index (χ4n) is 1.66. The third-order valence-corrected chi connectivity index (χ3v) is 3.63. The quantitative estimate of drug-likeness (QED) is 0.618. The first-order valence-electron chi connectivity index (χ1n) is 5.66. The Hall–Kier alpha value is -0.200. The maximum Gasteiger partial charge on any atom is 0.0627 e. The monoisotopic (exact) mass is 244 g/mol. The number of unbranched alkanes of at least 4 members (excludes halogenated alkanes) is 2. The minimum Gasteiger partial charge on any atom is -0.0824 e. The molecule has 1 aromatic carbocycles. The molecule has 15 heavy (non-hydrogen) atoms. The second kappa shape index (κ2) is 6.40. The Balaban J connectivity index is 2.77. The molecule has 0 aliphatic rings. The van der Waals surface area contributed by atoms with Gasteiger partial charge < -0.3 is 0 Å². The van der Waals surface area contributed by atoms with Crippen molar-refractivity contribution in [2.45, 2.75) is 46.0 Å². The Morgan fingerprint density at radius 2 is 1.53 bits per heavy atom. The van der Waals surface area contributed by atoms with Gasteiger partial charge in [0.05, 0.1) is 10.0 Å². The highest BCUT2D eigenvalue weighted by molar-refractivity contribution is 6.43. The van der Waals surface area contributed by atoms with Gasteiger partial charge in [-0.3, -0.25) is 0 Å². The van der Waals surface area contributed by atoms with E-state index in [1.165, 1.54) is 24.8 Å². The van der Waals surface area contributed by atoms with Gasteiger partial charge in [-0.05, 0) is 30.4 Å². The lowest BCUT2D eigenvalue weighted by molar-refractivity contribution is 0.717. The maximum atomic E-state index is 6.22. The van der Waals surface area contributed by atoms with Crippen molar-refractivity contribution in [3.8, 4) is 0 Å². The highest BCUT2D eigenvalue weighted by Gasteiger charge is 2.08. The minimum absolute atomic E-state index is 0.744. The summed E-state index contributed by atoms with van der Waals surface area (Å²) in [6.07, 6.45) is 5.66. The van der Waals surface area contributed by atoms with E-state index in [0.29, 0.717) is 0 Å². The summed E-state index contributed by atoms with van der Waals surface area (Å²) in [4.78, 5) is 0. The first-order chi connectivity index (χ1) is 7.20. The Morgan fingerprint density at radius 3 is 2.13 bits per heavy atom. The Labute approximate surface area is 103 Å². The van der Waals surface area contributed by atoms with Gasteiger partial charge in [-0.2, -0.15) is 0 Å². The zero-order valence-corrected chi connectivity index (χ0v) is 11.0. The van der Waals surface area contributed by atoms with Crippen LogP contribution in [0, 0.1) is 0 Å². The van der Waals surface area contributed by atoms with E-state index >= 15 is 0 Å². The molecule has 0 N–H and O–H groups in total. The largest absolute Gasteiger partial charge is 0.0824 e. The van der Waals surface area contributed by atoms with Crippen molar-refractivity contribution in [1.29, 1.82) is 0 Å². The van der Waals surface area contributed by atoms with E-state index in [1.54, 1.807) is 0 Å². The molecule has 0 heterocycles. The molecule has 0 radical (unpaired) electrons. The highest BCUT2D eigenvalue weighted by atomic mass is 35.5. The molecule has 84 valence electrons. The van der Waals surface area contributed by atoms with Crippen LogP contribution in [-0.2, 0) is 12.8 Å².